The molecule has 8 aromatic rings. The molecule has 0 saturated carbocycles. The Hall–Kier alpha value is -7.98. The number of hydrogen-bond donors (Lipinski definition) is 3. The van der Waals surface area contributed by atoms with Gasteiger partial charge in [-0.3, -0.25) is 29.8 Å². The van der Waals surface area contributed by atoms with Crippen LogP contribution in [0.1, 0.15) is 45.2 Å². The van der Waals surface area contributed by atoms with E-state index in [0.29, 0.717) is 47.3 Å². The van der Waals surface area contributed by atoms with Gasteiger partial charge in [-0.1, -0.05) is 6.92 Å². The molecule has 2 aromatic heterocycles. The van der Waals surface area contributed by atoms with Gasteiger partial charge in [0, 0.05) is 45.8 Å². The number of carbonyl (C=O) groups excluding carboxylic acids is 2. The van der Waals surface area contributed by atoms with Crippen molar-refractivity contribution < 1.29 is 55.6 Å². The molecule has 0 radical (unpaired) electrons. The molecule has 6 aromatic carbocycles. The van der Waals surface area contributed by atoms with Crippen LogP contribution in [0.25, 0.3) is 41.6 Å². The predicted molar refractivity (Wildman–Crippen MR) is 240 cm³/mol. The van der Waals surface area contributed by atoms with E-state index in [2.05, 4.69) is 20.6 Å². The maximum atomic E-state index is 13.2. The Labute approximate surface area is 381 Å². The van der Waals surface area contributed by atoms with Crippen LogP contribution in [0.3, 0.4) is 0 Å². The van der Waals surface area contributed by atoms with Gasteiger partial charge in [0.15, 0.2) is 0 Å². The van der Waals surface area contributed by atoms with E-state index in [1.54, 1.807) is 60.7 Å². The van der Waals surface area contributed by atoms with Crippen LogP contribution in [0, 0.1) is 20.2 Å². The monoisotopic (exact) mass is 960 g/mol. The molecule has 0 bridgehead atoms. The lowest BCUT2D eigenvalue weighted by molar-refractivity contribution is -0.388. The fourth-order valence-corrected chi connectivity index (χ4v) is 8.30. The summed E-state index contributed by atoms with van der Waals surface area (Å²) in [5.41, 5.74) is -2.15. The molecule has 0 aliphatic carbocycles. The van der Waals surface area contributed by atoms with E-state index in [1.165, 1.54) is 28.7 Å². The van der Waals surface area contributed by atoms with Crippen molar-refractivity contribution in [3.8, 4) is 32.6 Å². The first-order valence-electron chi connectivity index (χ1n) is 19.4. The van der Waals surface area contributed by atoms with Crippen molar-refractivity contribution in [1.82, 2.24) is 9.97 Å². The third-order valence-electron chi connectivity index (χ3n) is 9.51. The van der Waals surface area contributed by atoms with E-state index in [-0.39, 0.29) is 16.9 Å². The molecule has 67 heavy (non-hydrogen) atoms. The van der Waals surface area contributed by atoms with Crippen LogP contribution in [-0.2, 0) is 12.4 Å². The van der Waals surface area contributed by atoms with Gasteiger partial charge in [-0.15, -0.1) is 22.7 Å². The number of nitro groups is 2. The number of nitrogens with zero attached hydrogens (tertiary/aromatic N) is 4. The number of nitro benzene ring substituents is 2. The molecular formula is C45H30F6N6O8S2. The molecule has 0 saturated heterocycles. The standard InChI is InChI=1S/C24H18F3N3O4S.C21H12F3N3O4S/c1-2-11-34-17-8-9-19-21(13-17)35-23(29-19)14-3-6-16(7-4-14)28-22(31)15-5-10-20(30(32)33)18(12-15)24(25,26)27;22-21(23,24)15-9-12(3-8-17(15)27(30)31)19(29)25-13-4-1-11(2-5-13)20-26-16-7-6-14(28)10-18(16)32-20/h3-10,12-13H,2,11H2,1H3,(H,28,31);1-10,28H,(H,25,29). The average molecular weight is 961 g/mol. The van der Waals surface area contributed by atoms with E-state index >= 15 is 0 Å². The number of ether oxygens (including phenoxy) is 1. The summed E-state index contributed by atoms with van der Waals surface area (Å²) in [6.45, 7) is 2.66. The maximum Gasteiger partial charge on any atom is 0.423 e. The number of aromatic hydroxyl groups is 1. The van der Waals surface area contributed by atoms with Crippen LogP contribution in [0.5, 0.6) is 11.5 Å². The largest absolute Gasteiger partial charge is 0.508 e. The van der Waals surface area contributed by atoms with Crippen LogP contribution < -0.4 is 15.4 Å². The number of hydrogen-bond acceptors (Lipinski definition) is 12. The Balaban J connectivity index is 0.000000200. The lowest BCUT2D eigenvalue weighted by Crippen LogP contribution is -2.15. The first-order valence-corrected chi connectivity index (χ1v) is 21.1. The highest BCUT2D eigenvalue weighted by molar-refractivity contribution is 7.22. The lowest BCUT2D eigenvalue weighted by Gasteiger charge is -2.10. The number of rotatable bonds is 11. The van der Waals surface area contributed by atoms with Crippen LogP contribution >= 0.6 is 22.7 Å². The van der Waals surface area contributed by atoms with Crippen LogP contribution in [0.15, 0.2) is 121 Å². The van der Waals surface area contributed by atoms with Gasteiger partial charge in [-0.2, -0.15) is 26.3 Å². The maximum absolute atomic E-state index is 13.2. The molecule has 2 amide bonds. The molecule has 0 atom stereocenters. The van der Waals surface area contributed by atoms with Gasteiger partial charge in [-0.25, -0.2) is 9.97 Å². The SMILES string of the molecule is CCCOc1ccc2nc(-c3ccc(NC(=O)c4ccc([N+](=O)[O-])c(C(F)(F)F)c4)cc3)sc2c1.O=C(Nc1ccc(-c2nc3ccc(O)cc3s2)cc1)c1ccc([N+](=O)[O-])c(C(F)(F)F)c1. The third kappa shape index (κ3) is 11.1. The van der Waals surface area contributed by atoms with Crippen molar-refractivity contribution >= 4 is 77.7 Å². The van der Waals surface area contributed by atoms with Gasteiger partial charge in [0.05, 0.1) is 36.9 Å². The summed E-state index contributed by atoms with van der Waals surface area (Å²) >= 11 is 2.85. The van der Waals surface area contributed by atoms with Crippen LogP contribution in [0.2, 0.25) is 0 Å². The summed E-state index contributed by atoms with van der Waals surface area (Å²) in [7, 11) is 0. The summed E-state index contributed by atoms with van der Waals surface area (Å²) in [6, 6.07) is 27.9. The molecule has 0 spiro atoms. The molecule has 0 aliphatic heterocycles. The highest BCUT2D eigenvalue weighted by atomic mass is 32.1. The number of anilines is 2. The zero-order valence-corrected chi connectivity index (χ0v) is 35.8. The predicted octanol–water partition coefficient (Wildman–Crippen LogP) is 12.8. The van der Waals surface area contributed by atoms with Crippen molar-refractivity contribution in [2.45, 2.75) is 25.7 Å². The van der Waals surface area contributed by atoms with Crippen molar-refractivity contribution in [2.24, 2.45) is 0 Å². The van der Waals surface area contributed by atoms with Gasteiger partial charge < -0.3 is 20.5 Å². The molecule has 22 heteroatoms. The first-order chi connectivity index (χ1) is 31.8. The fraction of sp³-hybridized carbons (Fsp3) is 0.111. The van der Waals surface area contributed by atoms with Gasteiger partial charge in [0.25, 0.3) is 23.2 Å². The second kappa shape index (κ2) is 19.2. The number of aromatic nitrogens is 2. The topological polar surface area (TPSA) is 200 Å². The second-order valence-corrected chi connectivity index (χ2v) is 16.3. The van der Waals surface area contributed by atoms with E-state index < -0.39 is 56.5 Å². The molecular weight excluding hydrogens is 931 g/mol. The molecule has 3 N–H and O–H groups in total. The zero-order chi connectivity index (χ0) is 48.2. The highest BCUT2D eigenvalue weighted by Gasteiger charge is 2.40. The summed E-state index contributed by atoms with van der Waals surface area (Å²) in [6.07, 6.45) is -9.04. The molecule has 8 rings (SSSR count). The molecule has 342 valence electrons. The normalized spacial score (nSPS) is 11.4. The quantitative estimate of drug-likeness (QED) is 0.0636. The average Bonchev–Trinajstić information content (AvgIpc) is 3.92. The Kier molecular flexibility index (Phi) is 13.5. The van der Waals surface area contributed by atoms with Gasteiger partial charge in [-0.05, 0) is 116 Å². The number of carbonyl (C=O) groups is 2. The number of thiazole rings is 2. The molecule has 0 unspecified atom stereocenters. The van der Waals surface area contributed by atoms with E-state index in [4.69, 9.17) is 4.74 Å². The molecule has 2 heterocycles. The summed E-state index contributed by atoms with van der Waals surface area (Å²) in [5, 5.41) is 37.8. The number of benzene rings is 6. The van der Waals surface area contributed by atoms with Gasteiger partial charge in [0.2, 0.25) is 0 Å². The Bertz CT molecular complexity index is 3180. The van der Waals surface area contributed by atoms with Gasteiger partial charge >= 0.3 is 12.4 Å². The number of phenols is 1. The van der Waals surface area contributed by atoms with Crippen molar-refractivity contribution in [3.63, 3.8) is 0 Å². The summed E-state index contributed by atoms with van der Waals surface area (Å²) < 4.78 is 86.4. The number of phenolic OH excluding ortho intramolecular Hbond substituents is 1. The molecule has 0 aliphatic rings. The Morgan fingerprint density at radius 1 is 0.627 bits per heavy atom. The Morgan fingerprint density at radius 3 is 1.48 bits per heavy atom. The second-order valence-electron chi connectivity index (χ2n) is 14.2. The number of amides is 2. The third-order valence-corrected chi connectivity index (χ3v) is 11.6. The first kappa shape index (κ1) is 47.0. The van der Waals surface area contributed by atoms with E-state index in [0.717, 1.165) is 60.9 Å². The fourth-order valence-electron chi connectivity index (χ4n) is 6.30. The molecule has 14 nitrogen and oxygen atoms in total. The smallest absolute Gasteiger partial charge is 0.423 e. The number of fused-ring (bicyclic) bond motifs is 2. The number of nitrogens with one attached hydrogen (secondary N) is 2. The molecule has 0 fully saturated rings. The minimum atomic E-state index is -4.98. The lowest BCUT2D eigenvalue weighted by atomic mass is 10.1. The Morgan fingerprint density at radius 2 is 1.06 bits per heavy atom. The highest BCUT2D eigenvalue weighted by Crippen LogP contribution is 2.39. The van der Waals surface area contributed by atoms with E-state index in [9.17, 15) is 61.3 Å². The number of alkyl halides is 6. The van der Waals surface area contributed by atoms with Crippen molar-refractivity contribution in [3.05, 3.63) is 164 Å². The van der Waals surface area contributed by atoms with Crippen LogP contribution in [0.4, 0.5) is 49.1 Å². The van der Waals surface area contributed by atoms with E-state index in [1.807, 2.05) is 25.1 Å². The zero-order valence-electron chi connectivity index (χ0n) is 34.1. The van der Waals surface area contributed by atoms with Crippen molar-refractivity contribution in [1.29, 1.82) is 0 Å². The minimum absolute atomic E-state index is 0.130. The number of halogens is 6. The minimum Gasteiger partial charge on any atom is -0.508 e. The van der Waals surface area contributed by atoms with Crippen molar-refractivity contribution in [2.75, 3.05) is 17.2 Å². The van der Waals surface area contributed by atoms with Gasteiger partial charge in [0.1, 0.15) is 32.6 Å². The summed E-state index contributed by atoms with van der Waals surface area (Å²) in [4.78, 5) is 53.4. The van der Waals surface area contributed by atoms with Crippen LogP contribution in [-0.4, -0.2) is 43.3 Å². The summed E-state index contributed by atoms with van der Waals surface area (Å²) in [5.74, 6) is -0.760.